The fraction of sp³-hybridized carbons (Fsp3) is 0.208. The van der Waals surface area contributed by atoms with E-state index in [0.29, 0.717) is 17.0 Å². The van der Waals surface area contributed by atoms with Crippen molar-refractivity contribution in [3.05, 3.63) is 101 Å². The summed E-state index contributed by atoms with van der Waals surface area (Å²) in [6, 6.07) is 21.5. The van der Waals surface area contributed by atoms with Crippen LogP contribution in [0.15, 0.2) is 79.0 Å². The Balaban J connectivity index is 1.62. The van der Waals surface area contributed by atoms with E-state index in [1.165, 1.54) is 0 Å². The molecule has 0 fully saturated rings. The maximum Gasteiger partial charge on any atom is 0.251 e. The van der Waals surface area contributed by atoms with E-state index in [2.05, 4.69) is 15.6 Å². The Morgan fingerprint density at radius 3 is 2.30 bits per heavy atom. The molecule has 0 saturated heterocycles. The monoisotopic (exact) mass is 421 g/mol. The molecule has 0 unspecified atom stereocenters. The van der Waals surface area contributed by atoms with Gasteiger partial charge in [-0.2, -0.15) is 0 Å². The Morgan fingerprint density at radius 1 is 0.933 bits per heavy atom. The number of hydrogen-bond acceptors (Lipinski definition) is 3. The molecular weight excluding hydrogens is 398 g/mol. The third-order valence-corrected chi connectivity index (χ3v) is 4.89. The molecule has 0 saturated carbocycles. The molecule has 0 radical (unpaired) electrons. The van der Waals surface area contributed by atoms with Gasteiger partial charge in [-0.3, -0.25) is 14.6 Å². The molecule has 6 heteroatoms. The third kappa shape index (κ3) is 6.42. The van der Waals surface area contributed by atoms with E-state index in [9.17, 15) is 9.59 Å². The van der Waals surface area contributed by atoms with E-state index in [1.807, 2.05) is 55.5 Å². The fourth-order valence-corrected chi connectivity index (χ4v) is 3.27. The number of pyridine rings is 1. The highest BCUT2D eigenvalue weighted by atomic mass is 35.5. The van der Waals surface area contributed by atoms with E-state index >= 15 is 0 Å². The van der Waals surface area contributed by atoms with Crippen LogP contribution in [0.25, 0.3) is 0 Å². The molecule has 2 aromatic carbocycles. The first-order valence-electron chi connectivity index (χ1n) is 9.82. The van der Waals surface area contributed by atoms with Crippen molar-refractivity contribution in [1.82, 2.24) is 15.6 Å². The number of nitrogens with zero attached hydrogens (tertiary/aromatic N) is 1. The minimum Gasteiger partial charge on any atom is -0.349 e. The van der Waals surface area contributed by atoms with Gasteiger partial charge in [-0.15, -0.1) is 0 Å². The third-order valence-electron chi connectivity index (χ3n) is 4.64. The first kappa shape index (κ1) is 21.5. The summed E-state index contributed by atoms with van der Waals surface area (Å²) in [7, 11) is 0. The van der Waals surface area contributed by atoms with Crippen molar-refractivity contribution in [3.63, 3.8) is 0 Å². The molecule has 154 valence electrons. The van der Waals surface area contributed by atoms with Gasteiger partial charge in [0.2, 0.25) is 5.91 Å². The molecular formula is C24H24ClN3O2. The largest absolute Gasteiger partial charge is 0.349 e. The van der Waals surface area contributed by atoms with E-state index in [1.54, 1.807) is 30.5 Å². The predicted octanol–water partition coefficient (Wildman–Crippen LogP) is 4.34. The van der Waals surface area contributed by atoms with E-state index < -0.39 is 0 Å². The van der Waals surface area contributed by atoms with Gasteiger partial charge in [-0.05, 0) is 55.3 Å². The second-order valence-corrected chi connectivity index (χ2v) is 7.59. The molecule has 0 aliphatic rings. The summed E-state index contributed by atoms with van der Waals surface area (Å²) in [5, 5.41) is 6.59. The van der Waals surface area contributed by atoms with Gasteiger partial charge in [0, 0.05) is 29.2 Å². The van der Waals surface area contributed by atoms with Crippen LogP contribution in [0.4, 0.5) is 0 Å². The van der Waals surface area contributed by atoms with Crippen LogP contribution in [0.5, 0.6) is 0 Å². The highest BCUT2D eigenvalue weighted by Crippen LogP contribution is 2.19. The van der Waals surface area contributed by atoms with Crippen LogP contribution >= 0.6 is 11.6 Å². The number of benzene rings is 2. The van der Waals surface area contributed by atoms with E-state index in [-0.39, 0.29) is 30.3 Å². The van der Waals surface area contributed by atoms with Gasteiger partial charge in [-0.1, -0.05) is 48.0 Å². The average molecular weight is 422 g/mol. The number of nitrogens with one attached hydrogen (secondary N) is 2. The van der Waals surface area contributed by atoms with Crippen LogP contribution in [0, 0.1) is 0 Å². The van der Waals surface area contributed by atoms with Gasteiger partial charge in [-0.25, -0.2) is 0 Å². The number of carbonyl (C=O) groups is 2. The molecule has 2 atom stereocenters. The lowest BCUT2D eigenvalue weighted by Gasteiger charge is -2.20. The van der Waals surface area contributed by atoms with Crippen molar-refractivity contribution < 1.29 is 9.59 Å². The molecule has 0 bridgehead atoms. The van der Waals surface area contributed by atoms with Gasteiger partial charge in [0.05, 0.1) is 11.7 Å². The molecule has 0 aliphatic carbocycles. The first-order chi connectivity index (χ1) is 14.5. The zero-order valence-corrected chi connectivity index (χ0v) is 17.5. The zero-order chi connectivity index (χ0) is 21.3. The van der Waals surface area contributed by atoms with Crippen molar-refractivity contribution in [3.8, 4) is 0 Å². The van der Waals surface area contributed by atoms with Gasteiger partial charge >= 0.3 is 0 Å². The topological polar surface area (TPSA) is 71.1 Å². The number of carbonyl (C=O) groups excluding carboxylic acids is 2. The van der Waals surface area contributed by atoms with Crippen molar-refractivity contribution in [2.75, 3.05) is 0 Å². The lowest BCUT2D eigenvalue weighted by atomic mass is 10.0. The average Bonchev–Trinajstić information content (AvgIpc) is 2.76. The Morgan fingerprint density at radius 2 is 1.63 bits per heavy atom. The Hall–Kier alpha value is -3.18. The van der Waals surface area contributed by atoms with Gasteiger partial charge in [0.25, 0.3) is 5.91 Å². The molecule has 3 rings (SSSR count). The molecule has 5 nitrogen and oxygen atoms in total. The summed E-state index contributed by atoms with van der Waals surface area (Å²) in [6.07, 6.45) is 2.46. The summed E-state index contributed by atoms with van der Waals surface area (Å²) in [5.74, 6) is -0.348. The maximum absolute atomic E-state index is 12.7. The smallest absolute Gasteiger partial charge is 0.251 e. The van der Waals surface area contributed by atoms with Gasteiger partial charge in [0.1, 0.15) is 0 Å². The minimum absolute atomic E-state index is 0.152. The lowest BCUT2D eigenvalue weighted by Crippen LogP contribution is -2.38. The van der Waals surface area contributed by atoms with Crippen molar-refractivity contribution >= 4 is 23.4 Å². The van der Waals surface area contributed by atoms with Crippen LogP contribution in [-0.2, 0) is 11.2 Å². The summed E-state index contributed by atoms with van der Waals surface area (Å²) in [4.78, 5) is 29.4. The standard InChI is InChI=1S/C24H24ClN3O2/c1-17(27-24(30)19-7-3-2-4-8-19)15-23(29)28-22(21-9-5-6-14-26-21)16-18-10-12-20(25)13-11-18/h2-14,17,22H,15-16H2,1H3,(H,27,30)(H,28,29)/t17-,22+/m0/s1. The first-order valence-corrected chi connectivity index (χ1v) is 10.2. The normalized spacial score (nSPS) is 12.6. The van der Waals surface area contributed by atoms with Crippen molar-refractivity contribution in [2.45, 2.75) is 31.8 Å². The zero-order valence-electron chi connectivity index (χ0n) is 16.7. The van der Waals surface area contributed by atoms with Crippen LogP contribution in [0.1, 0.15) is 41.0 Å². The molecule has 1 aromatic heterocycles. The second kappa shape index (κ2) is 10.6. The number of halogens is 1. The molecule has 3 aromatic rings. The van der Waals surface area contributed by atoms with E-state index in [4.69, 9.17) is 11.6 Å². The summed E-state index contributed by atoms with van der Waals surface area (Å²) in [6.45, 7) is 1.81. The highest BCUT2D eigenvalue weighted by Gasteiger charge is 2.19. The fourth-order valence-electron chi connectivity index (χ4n) is 3.15. The Bertz CT molecular complexity index is 963. The second-order valence-electron chi connectivity index (χ2n) is 7.15. The van der Waals surface area contributed by atoms with E-state index in [0.717, 1.165) is 11.3 Å². The highest BCUT2D eigenvalue weighted by molar-refractivity contribution is 6.30. The SMILES string of the molecule is C[C@@H](CC(=O)N[C@H](Cc1ccc(Cl)cc1)c1ccccn1)NC(=O)c1ccccc1. The van der Waals surface area contributed by atoms with Crippen LogP contribution < -0.4 is 10.6 Å². The lowest BCUT2D eigenvalue weighted by molar-refractivity contribution is -0.122. The number of hydrogen-bond donors (Lipinski definition) is 2. The summed E-state index contributed by atoms with van der Waals surface area (Å²) < 4.78 is 0. The Labute approximate surface area is 181 Å². The Kier molecular flexibility index (Phi) is 7.57. The molecule has 2 N–H and O–H groups in total. The summed E-state index contributed by atoms with van der Waals surface area (Å²) in [5.41, 5.74) is 2.39. The van der Waals surface area contributed by atoms with Crippen LogP contribution in [0.3, 0.4) is 0 Å². The molecule has 30 heavy (non-hydrogen) atoms. The minimum atomic E-state index is -0.308. The maximum atomic E-state index is 12.7. The van der Waals surface area contributed by atoms with Gasteiger partial charge in [0.15, 0.2) is 0 Å². The number of aromatic nitrogens is 1. The predicted molar refractivity (Wildman–Crippen MR) is 118 cm³/mol. The molecule has 0 aliphatic heterocycles. The van der Waals surface area contributed by atoms with Crippen molar-refractivity contribution in [2.24, 2.45) is 0 Å². The van der Waals surface area contributed by atoms with Crippen LogP contribution in [-0.4, -0.2) is 22.8 Å². The van der Waals surface area contributed by atoms with Crippen molar-refractivity contribution in [1.29, 1.82) is 0 Å². The molecule has 2 amide bonds. The van der Waals surface area contributed by atoms with Crippen LogP contribution in [0.2, 0.25) is 5.02 Å². The quantitative estimate of drug-likeness (QED) is 0.568. The molecule has 0 spiro atoms. The number of rotatable bonds is 8. The molecule has 1 heterocycles. The summed E-state index contributed by atoms with van der Waals surface area (Å²) >= 11 is 5.98. The number of amides is 2. The van der Waals surface area contributed by atoms with Gasteiger partial charge < -0.3 is 10.6 Å².